The normalized spacial score (nSPS) is 14.3. The number of nitrogens with zero attached hydrogens (tertiary/aromatic N) is 2. The summed E-state index contributed by atoms with van der Waals surface area (Å²) in [5.74, 6) is -0.483. The SMILES string of the molecule is CC(C)CCNC(=O)CN(Cc1cccs1)C(=O)c1snc(C(=O)NC2CCCCC2)c1N. The molecule has 3 rings (SSSR count). The van der Waals surface area contributed by atoms with E-state index in [1.807, 2.05) is 17.5 Å². The first-order valence-corrected chi connectivity index (χ1v) is 13.1. The van der Waals surface area contributed by atoms with Crippen molar-refractivity contribution in [2.45, 2.75) is 65.0 Å². The number of carbonyl (C=O) groups is 3. The van der Waals surface area contributed by atoms with E-state index in [1.54, 1.807) is 0 Å². The number of hydrogen-bond acceptors (Lipinski definition) is 7. The highest BCUT2D eigenvalue weighted by Crippen LogP contribution is 2.26. The molecule has 1 saturated carbocycles. The van der Waals surface area contributed by atoms with Crippen molar-refractivity contribution in [2.75, 3.05) is 18.8 Å². The lowest BCUT2D eigenvalue weighted by atomic mass is 9.95. The number of amides is 3. The Labute approximate surface area is 203 Å². The second-order valence-corrected chi connectivity index (χ2v) is 10.7. The van der Waals surface area contributed by atoms with E-state index in [2.05, 4.69) is 28.9 Å². The Morgan fingerprint density at radius 1 is 1.24 bits per heavy atom. The van der Waals surface area contributed by atoms with Crippen LogP contribution in [0.4, 0.5) is 5.69 Å². The first-order chi connectivity index (χ1) is 15.8. The van der Waals surface area contributed by atoms with Crippen molar-refractivity contribution in [3.8, 4) is 0 Å². The Bertz CT molecular complexity index is 936. The summed E-state index contributed by atoms with van der Waals surface area (Å²) in [5.41, 5.74) is 6.38. The Kier molecular flexibility index (Phi) is 9.25. The summed E-state index contributed by atoms with van der Waals surface area (Å²) in [4.78, 5) is 41.2. The molecule has 1 aliphatic rings. The molecule has 2 heterocycles. The minimum absolute atomic E-state index is 0.0784. The minimum atomic E-state index is -0.394. The van der Waals surface area contributed by atoms with Gasteiger partial charge >= 0.3 is 0 Å². The maximum Gasteiger partial charge on any atom is 0.273 e. The third kappa shape index (κ3) is 7.26. The molecule has 0 atom stereocenters. The summed E-state index contributed by atoms with van der Waals surface area (Å²) in [6.45, 7) is 4.94. The Hall–Kier alpha value is -2.46. The van der Waals surface area contributed by atoms with Crippen molar-refractivity contribution in [1.29, 1.82) is 0 Å². The van der Waals surface area contributed by atoms with Gasteiger partial charge in [0.05, 0.1) is 12.2 Å². The van der Waals surface area contributed by atoms with E-state index in [1.165, 1.54) is 22.7 Å². The lowest BCUT2D eigenvalue weighted by Crippen LogP contribution is -2.40. The topological polar surface area (TPSA) is 117 Å². The van der Waals surface area contributed by atoms with Crippen molar-refractivity contribution in [2.24, 2.45) is 5.92 Å². The van der Waals surface area contributed by atoms with Crippen LogP contribution in [0.15, 0.2) is 17.5 Å². The highest BCUT2D eigenvalue weighted by atomic mass is 32.1. The number of carbonyl (C=O) groups excluding carboxylic acids is 3. The molecule has 33 heavy (non-hydrogen) atoms. The molecule has 2 aromatic heterocycles. The van der Waals surface area contributed by atoms with Gasteiger partial charge in [-0.2, -0.15) is 4.37 Å². The first-order valence-electron chi connectivity index (χ1n) is 11.5. The molecular formula is C23H33N5O3S2. The predicted octanol–water partition coefficient (Wildman–Crippen LogP) is 3.65. The van der Waals surface area contributed by atoms with Crippen molar-refractivity contribution in [3.63, 3.8) is 0 Å². The largest absolute Gasteiger partial charge is 0.395 e. The molecule has 0 unspecified atom stereocenters. The van der Waals surface area contributed by atoms with Crippen molar-refractivity contribution >= 4 is 46.3 Å². The minimum Gasteiger partial charge on any atom is -0.395 e. The molecule has 10 heteroatoms. The fourth-order valence-electron chi connectivity index (χ4n) is 3.78. The maximum atomic E-state index is 13.3. The van der Waals surface area contributed by atoms with E-state index in [0.29, 0.717) is 12.5 Å². The molecule has 0 aliphatic heterocycles. The zero-order valence-electron chi connectivity index (χ0n) is 19.3. The van der Waals surface area contributed by atoms with Crippen LogP contribution in [0.5, 0.6) is 0 Å². The average Bonchev–Trinajstić information content (AvgIpc) is 3.43. The molecule has 0 saturated heterocycles. The van der Waals surface area contributed by atoms with Gasteiger partial charge in [0.15, 0.2) is 5.69 Å². The van der Waals surface area contributed by atoms with Crippen molar-refractivity contribution in [3.05, 3.63) is 33.0 Å². The van der Waals surface area contributed by atoms with Crippen LogP contribution in [0.1, 0.15) is 77.4 Å². The van der Waals surface area contributed by atoms with E-state index < -0.39 is 5.91 Å². The number of nitrogens with one attached hydrogen (secondary N) is 2. The van der Waals surface area contributed by atoms with Crippen molar-refractivity contribution in [1.82, 2.24) is 19.9 Å². The average molecular weight is 492 g/mol. The molecule has 8 nitrogen and oxygen atoms in total. The third-order valence-electron chi connectivity index (χ3n) is 5.67. The second kappa shape index (κ2) is 12.1. The summed E-state index contributed by atoms with van der Waals surface area (Å²) in [6, 6.07) is 3.94. The summed E-state index contributed by atoms with van der Waals surface area (Å²) in [5, 5.41) is 7.80. The molecule has 1 fully saturated rings. The molecule has 3 amide bonds. The van der Waals surface area contributed by atoms with Gasteiger partial charge in [0.25, 0.3) is 11.8 Å². The Morgan fingerprint density at radius 2 is 2.00 bits per heavy atom. The van der Waals surface area contributed by atoms with E-state index >= 15 is 0 Å². The summed E-state index contributed by atoms with van der Waals surface area (Å²) >= 11 is 2.42. The van der Waals surface area contributed by atoms with Gasteiger partial charge < -0.3 is 21.3 Å². The Balaban J connectivity index is 1.70. The first kappa shape index (κ1) is 25.2. The standard InChI is InChI=1S/C23H33N5O3S2/c1-15(2)10-11-25-18(29)14-28(13-17-9-6-12-32-17)23(31)21-19(24)20(27-33-21)22(30)26-16-7-4-3-5-8-16/h6,9,12,15-16H,3-5,7-8,10-11,13-14,24H2,1-2H3,(H,25,29)(H,26,30). The second-order valence-electron chi connectivity index (χ2n) is 8.86. The quantitative estimate of drug-likeness (QED) is 0.469. The van der Waals surface area contributed by atoms with E-state index in [4.69, 9.17) is 5.73 Å². The molecule has 0 aromatic carbocycles. The van der Waals surface area contributed by atoms with Crippen LogP contribution < -0.4 is 16.4 Å². The highest BCUT2D eigenvalue weighted by Gasteiger charge is 2.28. The van der Waals surface area contributed by atoms with E-state index in [0.717, 1.165) is 48.5 Å². The van der Waals surface area contributed by atoms with Crippen LogP contribution in [0.2, 0.25) is 0 Å². The van der Waals surface area contributed by atoms with Crippen molar-refractivity contribution < 1.29 is 14.4 Å². The summed E-state index contributed by atoms with van der Waals surface area (Å²) < 4.78 is 4.19. The van der Waals surface area contributed by atoms with Crippen LogP contribution in [-0.4, -0.2) is 46.1 Å². The summed E-state index contributed by atoms with van der Waals surface area (Å²) in [6.07, 6.45) is 6.14. The molecule has 0 radical (unpaired) electrons. The molecule has 2 aromatic rings. The zero-order valence-corrected chi connectivity index (χ0v) is 20.9. The number of nitrogens with two attached hydrogens (primary N) is 1. The number of hydrogen-bond donors (Lipinski definition) is 3. The number of anilines is 1. The van der Waals surface area contributed by atoms with Gasteiger partial charge in [-0.25, -0.2) is 0 Å². The van der Waals surface area contributed by atoms with Gasteiger partial charge in [0, 0.05) is 17.5 Å². The fourth-order valence-corrected chi connectivity index (χ4v) is 5.26. The molecule has 1 aliphatic carbocycles. The monoisotopic (exact) mass is 491 g/mol. The summed E-state index contributed by atoms with van der Waals surface area (Å²) in [7, 11) is 0. The van der Waals surface area contributed by atoms with Gasteiger partial charge in [-0.3, -0.25) is 14.4 Å². The van der Waals surface area contributed by atoms with Crippen LogP contribution in [0, 0.1) is 5.92 Å². The van der Waals surface area contributed by atoms with Crippen LogP contribution >= 0.6 is 22.9 Å². The molecule has 180 valence electrons. The van der Waals surface area contributed by atoms with E-state index in [9.17, 15) is 14.4 Å². The Morgan fingerprint density at radius 3 is 2.67 bits per heavy atom. The van der Waals surface area contributed by atoms with E-state index in [-0.39, 0.29) is 47.2 Å². The molecular weight excluding hydrogens is 458 g/mol. The number of rotatable bonds is 10. The third-order valence-corrected chi connectivity index (χ3v) is 7.38. The smallest absolute Gasteiger partial charge is 0.273 e. The van der Waals surface area contributed by atoms with Gasteiger partial charge in [-0.05, 0) is 48.2 Å². The van der Waals surface area contributed by atoms with Gasteiger partial charge in [-0.15, -0.1) is 11.3 Å². The predicted molar refractivity (Wildman–Crippen MR) is 132 cm³/mol. The zero-order chi connectivity index (χ0) is 23.8. The number of nitrogen functional groups attached to an aromatic ring is 1. The van der Waals surface area contributed by atoms with Crippen LogP contribution in [0.3, 0.4) is 0 Å². The lowest BCUT2D eigenvalue weighted by Gasteiger charge is -2.22. The number of aromatic nitrogens is 1. The van der Waals surface area contributed by atoms with Crippen LogP contribution in [0.25, 0.3) is 0 Å². The molecule has 0 spiro atoms. The number of thiophene rings is 1. The van der Waals surface area contributed by atoms with Gasteiger partial charge in [0.2, 0.25) is 5.91 Å². The molecule has 0 bridgehead atoms. The maximum absolute atomic E-state index is 13.3. The van der Waals surface area contributed by atoms with Gasteiger partial charge in [0.1, 0.15) is 11.4 Å². The van der Waals surface area contributed by atoms with Crippen LogP contribution in [-0.2, 0) is 11.3 Å². The fraction of sp³-hybridized carbons (Fsp3) is 0.565. The van der Waals surface area contributed by atoms with Gasteiger partial charge in [-0.1, -0.05) is 39.2 Å². The highest BCUT2D eigenvalue weighted by molar-refractivity contribution is 7.10. The molecule has 4 N–H and O–H groups in total. The lowest BCUT2D eigenvalue weighted by molar-refractivity contribution is -0.121.